The molecule has 6 heteroatoms. The summed E-state index contributed by atoms with van der Waals surface area (Å²) in [5.41, 5.74) is 0. The van der Waals surface area contributed by atoms with Crippen LogP contribution in [-0.4, -0.2) is 52.4 Å². The van der Waals surface area contributed by atoms with Crippen LogP contribution in [0.4, 0.5) is 0 Å². The lowest BCUT2D eigenvalue weighted by molar-refractivity contribution is -0.875. The normalized spacial score (nSPS) is 15.2. The van der Waals surface area contributed by atoms with Gasteiger partial charge in [-0.25, -0.2) is 0 Å². The van der Waals surface area contributed by atoms with Crippen molar-refractivity contribution in [1.29, 1.82) is 0 Å². The van der Waals surface area contributed by atoms with Crippen molar-refractivity contribution >= 4 is 7.60 Å². The predicted molar refractivity (Wildman–Crippen MR) is 119 cm³/mol. The number of allylic oxidation sites excluding steroid dienone is 2. The molecule has 0 aromatic carbocycles. The fourth-order valence-electron chi connectivity index (χ4n) is 3.56. The average molecular weight is 421 g/mol. The zero-order valence-electron chi connectivity index (χ0n) is 18.9. The molecule has 0 rings (SSSR count). The summed E-state index contributed by atoms with van der Waals surface area (Å²) >= 11 is 0. The highest BCUT2D eigenvalue weighted by molar-refractivity contribution is 7.53. The van der Waals surface area contributed by atoms with Crippen molar-refractivity contribution in [3.05, 3.63) is 12.2 Å². The van der Waals surface area contributed by atoms with E-state index in [2.05, 4.69) is 19.1 Å². The quantitative estimate of drug-likeness (QED) is 0.117. The molecule has 0 aromatic rings. The standard InChI is InChI=1S/C22H46NO4P/c1-5-6-7-8-9-10-11-12-13-14-15-16-17-18-19-20-22(24,28(25,26)27)21-23(2,3)4/h10-11,24H,5-9,12-21H2,1-4H3,(H-,25,26,27)/p+1/b11-10-. The number of rotatable bonds is 18. The molecule has 0 saturated heterocycles. The summed E-state index contributed by atoms with van der Waals surface area (Å²) in [6.07, 6.45) is 20.0. The second-order valence-electron chi connectivity index (χ2n) is 9.31. The molecule has 0 aliphatic rings. The van der Waals surface area contributed by atoms with E-state index in [-0.39, 0.29) is 13.0 Å². The molecule has 0 aliphatic heterocycles. The van der Waals surface area contributed by atoms with Crippen LogP contribution >= 0.6 is 7.60 Å². The van der Waals surface area contributed by atoms with E-state index in [9.17, 15) is 19.5 Å². The molecule has 0 fully saturated rings. The summed E-state index contributed by atoms with van der Waals surface area (Å²) in [5, 5.41) is 8.59. The molecule has 0 spiro atoms. The van der Waals surface area contributed by atoms with Gasteiger partial charge in [0, 0.05) is 0 Å². The third kappa shape index (κ3) is 14.8. The Morgan fingerprint density at radius 1 is 0.786 bits per heavy atom. The molecule has 0 saturated carbocycles. The van der Waals surface area contributed by atoms with Gasteiger partial charge < -0.3 is 19.4 Å². The van der Waals surface area contributed by atoms with Crippen molar-refractivity contribution in [2.75, 3.05) is 27.7 Å². The van der Waals surface area contributed by atoms with Crippen LogP contribution in [0.25, 0.3) is 0 Å². The maximum Gasteiger partial charge on any atom is 0.362 e. The van der Waals surface area contributed by atoms with Crippen LogP contribution < -0.4 is 0 Å². The van der Waals surface area contributed by atoms with Crippen LogP contribution in [0, 0.1) is 0 Å². The van der Waals surface area contributed by atoms with Gasteiger partial charge in [0.25, 0.3) is 0 Å². The number of aliphatic hydroxyl groups is 1. The Bertz CT molecular complexity index is 456. The highest BCUT2D eigenvalue weighted by Crippen LogP contribution is 2.52. The van der Waals surface area contributed by atoms with Crippen LogP contribution in [0.3, 0.4) is 0 Å². The van der Waals surface area contributed by atoms with Gasteiger partial charge in [0.15, 0.2) is 0 Å². The third-order valence-corrected chi connectivity index (χ3v) is 6.56. The minimum absolute atomic E-state index is 0.0589. The Labute approximate surface area is 174 Å². The van der Waals surface area contributed by atoms with Gasteiger partial charge >= 0.3 is 7.60 Å². The maximum absolute atomic E-state index is 11.7. The summed E-state index contributed by atoms with van der Waals surface area (Å²) in [5.74, 6) is 0. The topological polar surface area (TPSA) is 77.8 Å². The molecule has 28 heavy (non-hydrogen) atoms. The van der Waals surface area contributed by atoms with E-state index in [1.807, 2.05) is 21.1 Å². The van der Waals surface area contributed by atoms with Gasteiger partial charge in [-0.1, -0.05) is 70.4 Å². The van der Waals surface area contributed by atoms with Gasteiger partial charge in [-0.15, -0.1) is 0 Å². The van der Waals surface area contributed by atoms with Crippen LogP contribution in [0.2, 0.25) is 0 Å². The maximum atomic E-state index is 11.7. The molecule has 0 aliphatic carbocycles. The van der Waals surface area contributed by atoms with E-state index < -0.39 is 12.9 Å². The fourth-order valence-corrected chi connectivity index (χ4v) is 4.61. The van der Waals surface area contributed by atoms with Gasteiger partial charge in [-0.2, -0.15) is 0 Å². The van der Waals surface area contributed by atoms with Crippen molar-refractivity contribution in [3.63, 3.8) is 0 Å². The summed E-state index contributed by atoms with van der Waals surface area (Å²) in [7, 11) is 0.968. The SMILES string of the molecule is CCCCCC/C=C\CCCCCCCCCC(O)(C[N+](C)(C)C)P(=O)(O)O. The lowest BCUT2D eigenvalue weighted by Crippen LogP contribution is -2.49. The highest BCUT2D eigenvalue weighted by Gasteiger charge is 2.48. The lowest BCUT2D eigenvalue weighted by atomic mass is 10.0. The number of hydrogen-bond acceptors (Lipinski definition) is 2. The van der Waals surface area contributed by atoms with Crippen molar-refractivity contribution < 1.29 is 23.9 Å². The first-order valence-electron chi connectivity index (χ1n) is 11.3. The van der Waals surface area contributed by atoms with Crippen LogP contribution in [-0.2, 0) is 4.57 Å². The Balaban J connectivity index is 3.74. The zero-order chi connectivity index (χ0) is 21.5. The Morgan fingerprint density at radius 2 is 1.21 bits per heavy atom. The van der Waals surface area contributed by atoms with E-state index >= 15 is 0 Å². The smallest absolute Gasteiger partial charge is 0.362 e. The molecule has 0 aromatic heterocycles. The number of quaternary nitrogens is 1. The molecule has 1 unspecified atom stereocenters. The number of hydrogen-bond donors (Lipinski definition) is 3. The first-order chi connectivity index (χ1) is 13.0. The molecule has 0 amide bonds. The van der Waals surface area contributed by atoms with Crippen LogP contribution in [0.5, 0.6) is 0 Å². The predicted octanol–water partition coefficient (Wildman–Crippen LogP) is 5.60. The van der Waals surface area contributed by atoms with Gasteiger partial charge in [0.2, 0.25) is 5.34 Å². The third-order valence-electron chi connectivity index (χ3n) is 5.11. The van der Waals surface area contributed by atoms with E-state index in [4.69, 9.17) is 0 Å². The summed E-state index contributed by atoms with van der Waals surface area (Å²) in [6.45, 7) is 2.30. The number of unbranched alkanes of at least 4 members (excludes halogenated alkanes) is 11. The molecule has 0 bridgehead atoms. The van der Waals surface area contributed by atoms with E-state index in [0.29, 0.717) is 10.9 Å². The second kappa shape index (κ2) is 14.7. The Kier molecular flexibility index (Phi) is 14.6. The molecule has 5 nitrogen and oxygen atoms in total. The van der Waals surface area contributed by atoms with Crippen LogP contribution in [0.15, 0.2) is 12.2 Å². The van der Waals surface area contributed by atoms with Gasteiger partial charge in [0.05, 0.1) is 21.1 Å². The first-order valence-corrected chi connectivity index (χ1v) is 12.9. The molecular weight excluding hydrogens is 373 g/mol. The van der Waals surface area contributed by atoms with Gasteiger partial charge in [-0.05, 0) is 38.5 Å². The van der Waals surface area contributed by atoms with Gasteiger partial charge in [-0.3, -0.25) is 4.57 Å². The van der Waals surface area contributed by atoms with Crippen molar-refractivity contribution in [1.82, 2.24) is 0 Å². The molecular formula is C22H47NO4P+. The monoisotopic (exact) mass is 420 g/mol. The second-order valence-corrected chi connectivity index (χ2v) is 11.2. The molecule has 1 atom stereocenters. The van der Waals surface area contributed by atoms with Crippen molar-refractivity contribution in [2.45, 2.75) is 102 Å². The first kappa shape index (κ1) is 27.8. The largest absolute Gasteiger partial charge is 0.373 e. The van der Waals surface area contributed by atoms with Crippen molar-refractivity contribution in [3.8, 4) is 0 Å². The lowest BCUT2D eigenvalue weighted by Gasteiger charge is -2.35. The van der Waals surface area contributed by atoms with E-state index in [1.54, 1.807) is 0 Å². The van der Waals surface area contributed by atoms with Gasteiger partial charge in [0.1, 0.15) is 6.54 Å². The Morgan fingerprint density at radius 3 is 1.64 bits per heavy atom. The molecule has 168 valence electrons. The van der Waals surface area contributed by atoms with E-state index in [1.165, 1.54) is 57.8 Å². The summed E-state index contributed by atoms with van der Waals surface area (Å²) < 4.78 is 12.1. The van der Waals surface area contributed by atoms with Crippen LogP contribution in [0.1, 0.15) is 96.8 Å². The molecule has 0 heterocycles. The number of nitrogens with zero attached hydrogens (tertiary/aromatic N) is 1. The molecule has 0 radical (unpaired) electrons. The summed E-state index contributed by atoms with van der Waals surface area (Å²) in [4.78, 5) is 19.1. The number of likely N-dealkylation sites (N-methyl/N-ethyl adjacent to an activating group) is 1. The highest BCUT2D eigenvalue weighted by atomic mass is 31.2. The zero-order valence-corrected chi connectivity index (χ0v) is 19.8. The minimum atomic E-state index is -4.54. The average Bonchev–Trinajstić information content (AvgIpc) is 2.56. The summed E-state index contributed by atoms with van der Waals surface area (Å²) in [6, 6.07) is 0. The minimum Gasteiger partial charge on any atom is -0.373 e. The molecule has 3 N–H and O–H groups in total. The van der Waals surface area contributed by atoms with Crippen molar-refractivity contribution in [2.24, 2.45) is 0 Å². The van der Waals surface area contributed by atoms with E-state index in [0.717, 1.165) is 19.3 Å². The fraction of sp³-hybridized carbons (Fsp3) is 0.909. The Hall–Kier alpha value is -0.190.